The Kier molecular flexibility index (Phi) is 7.63. The number of H-pyrrole nitrogens is 1. The van der Waals surface area contributed by atoms with E-state index in [4.69, 9.17) is 19.4 Å². The Morgan fingerprint density at radius 3 is 2.67 bits per heavy atom. The lowest BCUT2D eigenvalue weighted by Gasteiger charge is -2.38. The molecular formula is C17H26F3N3O4. The molecule has 2 aliphatic rings. The number of alkyl halides is 3. The van der Waals surface area contributed by atoms with E-state index in [0.29, 0.717) is 5.92 Å². The minimum atomic E-state index is -5.08. The summed E-state index contributed by atoms with van der Waals surface area (Å²) in [6.07, 6.45) is 1.40. The predicted octanol–water partition coefficient (Wildman–Crippen LogP) is 2.45. The maximum absolute atomic E-state index is 10.6. The Hall–Kier alpha value is -1.65. The summed E-state index contributed by atoms with van der Waals surface area (Å²) in [7, 11) is 1.78. The molecule has 0 amide bonds. The molecule has 0 saturated carbocycles. The maximum Gasteiger partial charge on any atom is 0.490 e. The molecule has 154 valence electrons. The lowest BCUT2D eigenvalue weighted by Crippen LogP contribution is -2.43. The van der Waals surface area contributed by atoms with Crippen LogP contribution in [0.1, 0.15) is 31.4 Å². The van der Waals surface area contributed by atoms with Crippen LogP contribution in [-0.2, 0) is 20.8 Å². The van der Waals surface area contributed by atoms with Crippen molar-refractivity contribution in [2.45, 2.75) is 44.0 Å². The second kappa shape index (κ2) is 9.52. The van der Waals surface area contributed by atoms with Gasteiger partial charge >= 0.3 is 12.1 Å². The molecule has 10 heteroatoms. The Morgan fingerprint density at radius 2 is 2.15 bits per heavy atom. The number of nitrogens with zero attached hydrogens (tertiary/aromatic N) is 2. The van der Waals surface area contributed by atoms with E-state index in [2.05, 4.69) is 21.2 Å². The third kappa shape index (κ3) is 6.78. The molecule has 2 N–H and O–H groups in total. The number of piperidine rings is 1. The van der Waals surface area contributed by atoms with E-state index >= 15 is 0 Å². The van der Waals surface area contributed by atoms with Crippen molar-refractivity contribution in [2.75, 3.05) is 33.4 Å². The number of rotatable bonds is 5. The number of hydrogen-bond acceptors (Lipinski definition) is 5. The number of aromatic amines is 1. The van der Waals surface area contributed by atoms with Crippen molar-refractivity contribution in [1.82, 2.24) is 15.1 Å². The van der Waals surface area contributed by atoms with Crippen molar-refractivity contribution in [3.05, 3.63) is 18.0 Å². The summed E-state index contributed by atoms with van der Waals surface area (Å²) in [6, 6.07) is 2.05. The average molecular weight is 393 g/mol. The summed E-state index contributed by atoms with van der Waals surface area (Å²) in [5.74, 6) is -2.07. The van der Waals surface area contributed by atoms with E-state index in [0.717, 1.165) is 52.1 Å². The highest BCUT2D eigenvalue weighted by Crippen LogP contribution is 2.39. The quantitative estimate of drug-likeness (QED) is 0.799. The molecule has 1 aromatic heterocycles. The summed E-state index contributed by atoms with van der Waals surface area (Å²) in [5, 5.41) is 14.2. The standard InChI is InChI=1S/C15H25N3O2.C2HF3O2/c1-19-9-3-13-10-15(20-12-13)4-7-18(8-5-15)11-14-2-6-16-17-14;3-2(4,5)1(6)7/h2,6,13H,3-5,7-12H2,1H3,(H,16,17);(H,6,7). The first kappa shape index (κ1) is 21.6. The van der Waals surface area contributed by atoms with Crippen LogP contribution in [0.15, 0.2) is 12.3 Å². The Bertz CT molecular complexity index is 572. The molecule has 3 heterocycles. The molecule has 7 nitrogen and oxygen atoms in total. The van der Waals surface area contributed by atoms with Crippen molar-refractivity contribution < 1.29 is 32.5 Å². The van der Waals surface area contributed by atoms with Crippen molar-refractivity contribution in [3.63, 3.8) is 0 Å². The zero-order chi connectivity index (χ0) is 19.9. The highest BCUT2D eigenvalue weighted by Gasteiger charge is 2.42. The Balaban J connectivity index is 0.000000321. The molecule has 0 bridgehead atoms. The van der Waals surface area contributed by atoms with Crippen LogP contribution in [-0.4, -0.2) is 71.4 Å². The number of likely N-dealkylation sites (tertiary alicyclic amines) is 1. The van der Waals surface area contributed by atoms with E-state index in [1.807, 2.05) is 6.20 Å². The van der Waals surface area contributed by atoms with Gasteiger partial charge in [0.25, 0.3) is 0 Å². The van der Waals surface area contributed by atoms with Crippen LogP contribution in [0.5, 0.6) is 0 Å². The molecule has 3 rings (SSSR count). The van der Waals surface area contributed by atoms with Crippen LogP contribution >= 0.6 is 0 Å². The number of methoxy groups -OCH3 is 1. The molecule has 1 unspecified atom stereocenters. The summed E-state index contributed by atoms with van der Waals surface area (Å²) in [5.41, 5.74) is 1.36. The minimum Gasteiger partial charge on any atom is -0.475 e. The first-order valence-corrected chi connectivity index (χ1v) is 8.88. The predicted molar refractivity (Wildman–Crippen MR) is 90.1 cm³/mol. The van der Waals surface area contributed by atoms with Crippen LogP contribution in [0.4, 0.5) is 13.2 Å². The Labute approximate surface area is 155 Å². The van der Waals surface area contributed by atoms with E-state index in [9.17, 15) is 13.2 Å². The van der Waals surface area contributed by atoms with E-state index in [-0.39, 0.29) is 5.60 Å². The van der Waals surface area contributed by atoms with E-state index in [1.54, 1.807) is 7.11 Å². The van der Waals surface area contributed by atoms with Crippen molar-refractivity contribution >= 4 is 5.97 Å². The van der Waals surface area contributed by atoms with Gasteiger partial charge in [-0.25, -0.2) is 4.79 Å². The number of aromatic nitrogens is 2. The molecule has 2 saturated heterocycles. The molecule has 1 atom stereocenters. The third-order valence-electron chi connectivity index (χ3n) is 4.98. The lowest BCUT2D eigenvalue weighted by atomic mass is 9.84. The van der Waals surface area contributed by atoms with Gasteiger partial charge in [0.2, 0.25) is 0 Å². The fourth-order valence-electron chi connectivity index (χ4n) is 3.49. The highest BCUT2D eigenvalue weighted by atomic mass is 19.4. The monoisotopic (exact) mass is 393 g/mol. The molecule has 0 radical (unpaired) electrons. The lowest BCUT2D eigenvalue weighted by molar-refractivity contribution is -0.192. The van der Waals surface area contributed by atoms with Crippen LogP contribution in [0.3, 0.4) is 0 Å². The van der Waals surface area contributed by atoms with Crippen molar-refractivity contribution in [2.24, 2.45) is 5.92 Å². The minimum absolute atomic E-state index is 0.156. The van der Waals surface area contributed by atoms with Gasteiger partial charge < -0.3 is 14.6 Å². The van der Waals surface area contributed by atoms with Gasteiger partial charge in [-0.2, -0.15) is 18.3 Å². The number of ether oxygens (including phenoxy) is 2. The molecule has 1 aromatic rings. The zero-order valence-corrected chi connectivity index (χ0v) is 15.3. The summed E-state index contributed by atoms with van der Waals surface area (Å²) in [6.45, 7) is 5.00. The summed E-state index contributed by atoms with van der Waals surface area (Å²) in [4.78, 5) is 11.4. The van der Waals surface area contributed by atoms with Crippen LogP contribution < -0.4 is 0 Å². The molecule has 2 fully saturated rings. The summed E-state index contributed by atoms with van der Waals surface area (Å²) < 4.78 is 43.1. The smallest absolute Gasteiger partial charge is 0.475 e. The van der Waals surface area contributed by atoms with Crippen LogP contribution in [0, 0.1) is 5.92 Å². The van der Waals surface area contributed by atoms with Gasteiger partial charge in [-0.3, -0.25) is 10.00 Å². The number of carbonyl (C=O) groups is 1. The SMILES string of the molecule is COCCC1COC2(CCN(Cc3ccn[nH]3)CC2)C1.O=C(O)C(F)(F)F. The largest absolute Gasteiger partial charge is 0.490 e. The van der Waals surface area contributed by atoms with E-state index in [1.165, 1.54) is 12.1 Å². The Morgan fingerprint density at radius 1 is 1.48 bits per heavy atom. The zero-order valence-electron chi connectivity index (χ0n) is 15.3. The number of nitrogens with one attached hydrogen (secondary N) is 1. The molecule has 1 spiro atoms. The van der Waals surface area contributed by atoms with Gasteiger partial charge in [0.15, 0.2) is 0 Å². The summed E-state index contributed by atoms with van der Waals surface area (Å²) >= 11 is 0. The molecule has 0 aromatic carbocycles. The highest BCUT2D eigenvalue weighted by molar-refractivity contribution is 5.73. The van der Waals surface area contributed by atoms with Gasteiger partial charge in [-0.05, 0) is 37.7 Å². The van der Waals surface area contributed by atoms with Gasteiger partial charge in [-0.1, -0.05) is 0 Å². The normalized spacial score (nSPS) is 22.4. The number of carboxylic acids is 1. The maximum atomic E-state index is 10.6. The molecule has 0 aliphatic carbocycles. The van der Waals surface area contributed by atoms with Gasteiger partial charge in [0, 0.05) is 45.2 Å². The van der Waals surface area contributed by atoms with Crippen LogP contribution in [0.25, 0.3) is 0 Å². The van der Waals surface area contributed by atoms with Gasteiger partial charge in [-0.15, -0.1) is 0 Å². The van der Waals surface area contributed by atoms with Crippen molar-refractivity contribution in [1.29, 1.82) is 0 Å². The number of halogens is 3. The topological polar surface area (TPSA) is 87.7 Å². The van der Waals surface area contributed by atoms with E-state index < -0.39 is 12.1 Å². The van der Waals surface area contributed by atoms with Gasteiger partial charge in [0.05, 0.1) is 12.2 Å². The molecule has 2 aliphatic heterocycles. The second-order valence-electron chi connectivity index (χ2n) is 7.01. The average Bonchev–Trinajstić information content (AvgIpc) is 3.25. The molecule has 27 heavy (non-hydrogen) atoms. The van der Waals surface area contributed by atoms with Crippen molar-refractivity contribution in [3.8, 4) is 0 Å². The fraction of sp³-hybridized carbons (Fsp3) is 0.765. The fourth-order valence-corrected chi connectivity index (χ4v) is 3.49. The third-order valence-corrected chi connectivity index (χ3v) is 4.98. The molecular weight excluding hydrogens is 367 g/mol. The first-order valence-electron chi connectivity index (χ1n) is 8.88. The number of carboxylic acid groups (broad SMARTS) is 1. The number of hydrogen-bond donors (Lipinski definition) is 2. The van der Waals surface area contributed by atoms with Gasteiger partial charge in [0.1, 0.15) is 0 Å². The van der Waals surface area contributed by atoms with Crippen LogP contribution in [0.2, 0.25) is 0 Å². The second-order valence-corrected chi connectivity index (χ2v) is 7.01. The first-order chi connectivity index (χ1) is 12.7. The number of aliphatic carboxylic acids is 1.